The summed E-state index contributed by atoms with van der Waals surface area (Å²) in [6, 6.07) is 16.7. The molecule has 132 valence electrons. The number of hydrogen-bond donors (Lipinski definition) is 2. The molecular weight excluding hydrogens is 396 g/mol. The molecule has 1 heterocycles. The molecule has 0 spiro atoms. The van der Waals surface area contributed by atoms with Crippen molar-refractivity contribution in [3.63, 3.8) is 0 Å². The maximum atomic E-state index is 5.36. The zero-order valence-corrected chi connectivity index (χ0v) is 16.7. The van der Waals surface area contributed by atoms with Crippen molar-refractivity contribution in [2.24, 2.45) is 0 Å². The molecule has 0 atom stereocenters. The summed E-state index contributed by atoms with van der Waals surface area (Å²) < 4.78 is 1.05. The standard InChI is InChI=1S/C19H23BrN4S/c1-23-10-12-24(13-11-23)18-8-2-15(3-9-18)14-21-19(25)22-17-6-4-16(20)5-7-17/h2-9H,10-14H2,1H3,(H2,21,22,25). The number of hydrogen-bond acceptors (Lipinski definition) is 3. The van der Waals surface area contributed by atoms with E-state index < -0.39 is 0 Å². The lowest BCUT2D eigenvalue weighted by Gasteiger charge is -2.34. The first-order chi connectivity index (χ1) is 12.1. The van der Waals surface area contributed by atoms with Crippen LogP contribution in [0.3, 0.4) is 0 Å². The maximum absolute atomic E-state index is 5.36. The largest absolute Gasteiger partial charge is 0.369 e. The predicted molar refractivity (Wildman–Crippen MR) is 113 cm³/mol. The molecule has 1 aliphatic heterocycles. The van der Waals surface area contributed by atoms with E-state index in [-0.39, 0.29) is 0 Å². The van der Waals surface area contributed by atoms with E-state index in [0.29, 0.717) is 11.7 Å². The van der Waals surface area contributed by atoms with E-state index in [0.717, 1.165) is 36.3 Å². The van der Waals surface area contributed by atoms with Crippen LogP contribution in [0.2, 0.25) is 0 Å². The second-order valence-electron chi connectivity index (χ2n) is 6.27. The third-order valence-corrected chi connectivity index (χ3v) is 5.13. The van der Waals surface area contributed by atoms with Crippen LogP contribution in [0.25, 0.3) is 0 Å². The van der Waals surface area contributed by atoms with E-state index in [1.807, 2.05) is 24.3 Å². The summed E-state index contributed by atoms with van der Waals surface area (Å²) in [6.07, 6.45) is 0. The molecule has 0 radical (unpaired) electrons. The molecule has 2 aromatic rings. The Kier molecular flexibility index (Phi) is 6.29. The molecule has 0 unspecified atom stereocenters. The molecule has 1 aliphatic rings. The summed E-state index contributed by atoms with van der Waals surface area (Å²) in [7, 11) is 2.18. The number of anilines is 2. The Labute approximate surface area is 163 Å². The number of nitrogens with zero attached hydrogens (tertiary/aromatic N) is 2. The Balaban J connectivity index is 1.48. The number of rotatable bonds is 4. The van der Waals surface area contributed by atoms with Crippen molar-refractivity contribution in [1.29, 1.82) is 0 Å². The molecule has 4 nitrogen and oxygen atoms in total. The summed E-state index contributed by atoms with van der Waals surface area (Å²) in [5.74, 6) is 0. The highest BCUT2D eigenvalue weighted by Crippen LogP contribution is 2.17. The lowest BCUT2D eigenvalue weighted by atomic mass is 10.2. The van der Waals surface area contributed by atoms with Crippen molar-refractivity contribution in [3.05, 3.63) is 58.6 Å². The monoisotopic (exact) mass is 418 g/mol. The van der Waals surface area contributed by atoms with Gasteiger partial charge in [-0.1, -0.05) is 28.1 Å². The summed E-state index contributed by atoms with van der Waals surface area (Å²) >= 11 is 8.79. The van der Waals surface area contributed by atoms with Crippen LogP contribution < -0.4 is 15.5 Å². The van der Waals surface area contributed by atoms with Gasteiger partial charge < -0.3 is 20.4 Å². The minimum atomic E-state index is 0.630. The van der Waals surface area contributed by atoms with E-state index in [4.69, 9.17) is 12.2 Å². The number of likely N-dealkylation sites (N-methyl/N-ethyl adjacent to an activating group) is 1. The molecular formula is C19H23BrN4S. The first-order valence-corrected chi connectivity index (χ1v) is 9.63. The van der Waals surface area contributed by atoms with Gasteiger partial charge in [0.05, 0.1) is 0 Å². The van der Waals surface area contributed by atoms with Gasteiger partial charge in [-0.3, -0.25) is 0 Å². The Bertz CT molecular complexity index is 694. The van der Waals surface area contributed by atoms with Crippen LogP contribution in [0.15, 0.2) is 53.0 Å². The van der Waals surface area contributed by atoms with Crippen LogP contribution in [0.1, 0.15) is 5.56 Å². The highest BCUT2D eigenvalue weighted by Gasteiger charge is 2.13. The highest BCUT2D eigenvalue weighted by molar-refractivity contribution is 9.10. The maximum Gasteiger partial charge on any atom is 0.171 e. The first kappa shape index (κ1) is 18.2. The fourth-order valence-corrected chi connectivity index (χ4v) is 3.23. The van der Waals surface area contributed by atoms with Gasteiger partial charge in [-0.25, -0.2) is 0 Å². The summed E-state index contributed by atoms with van der Waals surface area (Å²) in [5, 5.41) is 7.08. The molecule has 0 saturated carbocycles. The van der Waals surface area contributed by atoms with Gasteiger partial charge in [-0.15, -0.1) is 0 Å². The number of benzene rings is 2. The molecule has 2 N–H and O–H groups in total. The Hall–Kier alpha value is -1.63. The van der Waals surface area contributed by atoms with Gasteiger partial charge in [-0.05, 0) is 61.2 Å². The molecule has 0 bridgehead atoms. The van der Waals surface area contributed by atoms with Crippen LogP contribution in [0.5, 0.6) is 0 Å². The lowest BCUT2D eigenvalue weighted by molar-refractivity contribution is 0.313. The van der Waals surface area contributed by atoms with E-state index in [1.54, 1.807) is 0 Å². The van der Waals surface area contributed by atoms with Crippen molar-refractivity contribution < 1.29 is 0 Å². The molecule has 1 fully saturated rings. The molecule has 0 aromatic heterocycles. The number of thiocarbonyl (C=S) groups is 1. The smallest absolute Gasteiger partial charge is 0.171 e. The average Bonchev–Trinajstić information content (AvgIpc) is 2.63. The third-order valence-electron chi connectivity index (χ3n) is 4.36. The van der Waals surface area contributed by atoms with Crippen LogP contribution in [0, 0.1) is 0 Å². The van der Waals surface area contributed by atoms with Crippen LogP contribution in [-0.4, -0.2) is 43.2 Å². The van der Waals surface area contributed by atoms with Crippen molar-refractivity contribution >= 4 is 44.6 Å². The van der Waals surface area contributed by atoms with Gasteiger partial charge in [0.2, 0.25) is 0 Å². The molecule has 1 saturated heterocycles. The number of piperazine rings is 1. The second-order valence-corrected chi connectivity index (χ2v) is 7.60. The lowest BCUT2D eigenvalue weighted by Crippen LogP contribution is -2.44. The number of nitrogens with one attached hydrogen (secondary N) is 2. The fourth-order valence-electron chi connectivity index (χ4n) is 2.78. The Morgan fingerprint density at radius 1 is 1.00 bits per heavy atom. The predicted octanol–water partition coefficient (Wildman–Crippen LogP) is 3.69. The van der Waals surface area contributed by atoms with E-state index in [1.165, 1.54) is 11.3 Å². The van der Waals surface area contributed by atoms with Gasteiger partial charge in [0.25, 0.3) is 0 Å². The minimum absolute atomic E-state index is 0.630. The molecule has 6 heteroatoms. The van der Waals surface area contributed by atoms with Gasteiger partial charge in [0, 0.05) is 48.6 Å². The van der Waals surface area contributed by atoms with Crippen molar-refractivity contribution in [3.8, 4) is 0 Å². The zero-order chi connectivity index (χ0) is 17.6. The molecule has 0 amide bonds. The molecule has 25 heavy (non-hydrogen) atoms. The fraction of sp³-hybridized carbons (Fsp3) is 0.316. The molecule has 0 aliphatic carbocycles. The normalized spacial score (nSPS) is 15.0. The molecule has 2 aromatic carbocycles. The summed E-state index contributed by atoms with van der Waals surface area (Å²) in [5.41, 5.74) is 3.50. The Morgan fingerprint density at radius 2 is 1.64 bits per heavy atom. The van der Waals surface area contributed by atoms with Crippen molar-refractivity contribution in [1.82, 2.24) is 10.2 Å². The molecule has 3 rings (SSSR count). The second kappa shape index (κ2) is 8.65. The Morgan fingerprint density at radius 3 is 2.28 bits per heavy atom. The van der Waals surface area contributed by atoms with Crippen LogP contribution in [-0.2, 0) is 6.54 Å². The van der Waals surface area contributed by atoms with Gasteiger partial charge in [0.15, 0.2) is 5.11 Å². The van der Waals surface area contributed by atoms with E-state index in [2.05, 4.69) is 67.7 Å². The minimum Gasteiger partial charge on any atom is -0.369 e. The van der Waals surface area contributed by atoms with E-state index in [9.17, 15) is 0 Å². The van der Waals surface area contributed by atoms with Gasteiger partial charge in [-0.2, -0.15) is 0 Å². The van der Waals surface area contributed by atoms with Gasteiger partial charge >= 0.3 is 0 Å². The third kappa shape index (κ3) is 5.42. The quantitative estimate of drug-likeness (QED) is 0.739. The van der Waals surface area contributed by atoms with E-state index >= 15 is 0 Å². The number of halogens is 1. The topological polar surface area (TPSA) is 30.5 Å². The zero-order valence-electron chi connectivity index (χ0n) is 14.3. The van der Waals surface area contributed by atoms with Crippen LogP contribution >= 0.6 is 28.1 Å². The first-order valence-electron chi connectivity index (χ1n) is 8.43. The van der Waals surface area contributed by atoms with Crippen molar-refractivity contribution in [2.75, 3.05) is 43.4 Å². The van der Waals surface area contributed by atoms with Gasteiger partial charge in [0.1, 0.15) is 0 Å². The average molecular weight is 419 g/mol. The summed E-state index contributed by atoms with van der Waals surface area (Å²) in [4.78, 5) is 4.81. The van der Waals surface area contributed by atoms with Crippen molar-refractivity contribution in [2.45, 2.75) is 6.54 Å². The van der Waals surface area contributed by atoms with Crippen LogP contribution in [0.4, 0.5) is 11.4 Å². The SMILES string of the molecule is CN1CCN(c2ccc(CNC(=S)Nc3ccc(Br)cc3)cc2)CC1. The highest BCUT2D eigenvalue weighted by atomic mass is 79.9. The summed E-state index contributed by atoms with van der Waals surface area (Å²) in [6.45, 7) is 5.15.